The van der Waals surface area contributed by atoms with Gasteiger partial charge in [0.25, 0.3) is 0 Å². The molecule has 0 fully saturated rings. The Morgan fingerprint density at radius 1 is 1.00 bits per heavy atom. The van der Waals surface area contributed by atoms with Gasteiger partial charge in [-0.3, -0.25) is 0 Å². The zero-order chi connectivity index (χ0) is 17.8. The maximum absolute atomic E-state index is 12.2. The molecule has 1 radical (unpaired) electrons. The van der Waals surface area contributed by atoms with Crippen molar-refractivity contribution in [2.75, 3.05) is 0 Å². The molecule has 0 amide bonds. The molecule has 0 N–H and O–H groups in total. The number of aromatic nitrogens is 1. The summed E-state index contributed by atoms with van der Waals surface area (Å²) in [6.45, 7) is 2.66. The third-order valence-electron chi connectivity index (χ3n) is 4.70. The highest BCUT2D eigenvalue weighted by atomic mass is 19.3. The van der Waals surface area contributed by atoms with E-state index in [2.05, 4.69) is 47.4 Å². The van der Waals surface area contributed by atoms with Gasteiger partial charge in [-0.05, 0) is 41.3 Å². The molecule has 0 saturated heterocycles. The van der Waals surface area contributed by atoms with Crippen LogP contribution in [0.4, 0.5) is 8.78 Å². The zero-order valence-electron chi connectivity index (χ0n) is 14.5. The number of alkyl halides is 2. The zero-order valence-corrected chi connectivity index (χ0v) is 14.5. The third-order valence-corrected chi connectivity index (χ3v) is 4.70. The molecule has 1 heterocycles. The fourth-order valence-electron chi connectivity index (χ4n) is 3.10. The van der Waals surface area contributed by atoms with E-state index in [0.717, 1.165) is 23.1 Å². The molecule has 1 aromatic heterocycles. The highest BCUT2D eigenvalue weighted by Crippen LogP contribution is 2.27. The summed E-state index contributed by atoms with van der Waals surface area (Å²) in [6.07, 6.45) is 4.36. The Balaban J connectivity index is 1.84. The highest BCUT2D eigenvalue weighted by molar-refractivity contribution is 5.85. The van der Waals surface area contributed by atoms with Crippen molar-refractivity contribution in [1.82, 2.24) is 4.57 Å². The molecule has 25 heavy (non-hydrogen) atoms. The molecule has 3 rings (SSSR count). The van der Waals surface area contributed by atoms with Crippen molar-refractivity contribution < 1.29 is 13.5 Å². The van der Waals surface area contributed by atoms with Crippen LogP contribution >= 0.6 is 0 Å². The van der Waals surface area contributed by atoms with Gasteiger partial charge in [0, 0.05) is 29.7 Å². The first-order valence-corrected chi connectivity index (χ1v) is 8.66. The molecule has 0 bridgehead atoms. The second-order valence-electron chi connectivity index (χ2n) is 6.24. The van der Waals surface area contributed by atoms with Crippen LogP contribution in [-0.2, 0) is 6.54 Å². The van der Waals surface area contributed by atoms with Crippen LogP contribution in [0.5, 0.6) is 5.75 Å². The van der Waals surface area contributed by atoms with Gasteiger partial charge in [0.15, 0.2) is 0 Å². The Morgan fingerprint density at radius 3 is 2.32 bits per heavy atom. The normalized spacial score (nSPS) is 11.6. The Morgan fingerprint density at radius 2 is 1.68 bits per heavy atom. The second-order valence-corrected chi connectivity index (χ2v) is 6.24. The largest absolute Gasteiger partial charge is 0.435 e. The monoisotopic (exact) mass is 342 g/mol. The van der Waals surface area contributed by atoms with Crippen LogP contribution in [0, 0.1) is 12.0 Å². The number of benzene rings is 2. The topological polar surface area (TPSA) is 14.2 Å². The lowest BCUT2D eigenvalue weighted by molar-refractivity contribution is -0.0498. The third kappa shape index (κ3) is 4.01. The molecular formula is C21H22F2NO. The maximum Gasteiger partial charge on any atom is 0.387 e. The number of nitrogens with zero attached hydrogens (tertiary/aromatic N) is 1. The van der Waals surface area contributed by atoms with Gasteiger partial charge in [-0.1, -0.05) is 44.9 Å². The molecule has 0 spiro atoms. The molecule has 0 aliphatic heterocycles. The molecular weight excluding hydrogens is 320 g/mol. The molecule has 2 aromatic carbocycles. The Hall–Kier alpha value is -2.36. The lowest BCUT2D eigenvalue weighted by Crippen LogP contribution is -2.07. The van der Waals surface area contributed by atoms with E-state index in [0.29, 0.717) is 5.92 Å². The summed E-state index contributed by atoms with van der Waals surface area (Å²) in [5.41, 5.74) is 3.17. The molecule has 0 aliphatic rings. The average Bonchev–Trinajstić information content (AvgIpc) is 3.02. The molecule has 3 aromatic rings. The van der Waals surface area contributed by atoms with E-state index in [1.807, 2.05) is 6.20 Å². The molecule has 0 atom stereocenters. The SMILES string of the molecule is CCC(CC)Cn1c[c]c2cc(-c3ccc(OC(F)F)cc3)ccc21. The van der Waals surface area contributed by atoms with Crippen molar-refractivity contribution in [3.05, 3.63) is 54.7 Å². The number of ether oxygens (including phenoxy) is 1. The second kappa shape index (κ2) is 7.68. The highest BCUT2D eigenvalue weighted by Gasteiger charge is 2.09. The van der Waals surface area contributed by atoms with Crippen molar-refractivity contribution >= 4 is 10.9 Å². The van der Waals surface area contributed by atoms with Crippen molar-refractivity contribution in [2.24, 2.45) is 5.92 Å². The summed E-state index contributed by atoms with van der Waals surface area (Å²) in [5, 5.41) is 1.07. The smallest absolute Gasteiger partial charge is 0.387 e. The number of hydrogen-bond acceptors (Lipinski definition) is 1. The fourth-order valence-corrected chi connectivity index (χ4v) is 3.10. The van der Waals surface area contributed by atoms with E-state index >= 15 is 0 Å². The van der Waals surface area contributed by atoms with Gasteiger partial charge in [0.1, 0.15) is 5.75 Å². The van der Waals surface area contributed by atoms with Gasteiger partial charge in [-0.2, -0.15) is 8.78 Å². The van der Waals surface area contributed by atoms with Crippen LogP contribution < -0.4 is 4.74 Å². The van der Waals surface area contributed by atoms with Gasteiger partial charge >= 0.3 is 6.61 Å². The Kier molecular flexibility index (Phi) is 5.37. The average molecular weight is 342 g/mol. The Bertz CT molecular complexity index is 820. The summed E-state index contributed by atoms with van der Waals surface area (Å²) >= 11 is 0. The van der Waals surface area contributed by atoms with Crippen LogP contribution in [0.15, 0.2) is 48.7 Å². The Labute approximate surface area is 147 Å². The molecule has 131 valence electrons. The molecule has 0 unspecified atom stereocenters. The molecule has 0 saturated carbocycles. The van der Waals surface area contributed by atoms with Crippen molar-refractivity contribution in [3.8, 4) is 16.9 Å². The van der Waals surface area contributed by atoms with Gasteiger partial charge in [-0.15, -0.1) is 0 Å². The predicted molar refractivity (Wildman–Crippen MR) is 96.9 cm³/mol. The van der Waals surface area contributed by atoms with Crippen LogP contribution in [0.3, 0.4) is 0 Å². The summed E-state index contributed by atoms with van der Waals surface area (Å²) in [4.78, 5) is 0. The number of fused-ring (bicyclic) bond motifs is 1. The van der Waals surface area contributed by atoms with Crippen LogP contribution in [-0.4, -0.2) is 11.2 Å². The quantitative estimate of drug-likeness (QED) is 0.502. The maximum atomic E-state index is 12.2. The van der Waals surface area contributed by atoms with E-state index in [9.17, 15) is 8.78 Å². The lowest BCUT2D eigenvalue weighted by Gasteiger charge is -2.14. The van der Waals surface area contributed by atoms with Crippen LogP contribution in [0.25, 0.3) is 22.0 Å². The first kappa shape index (κ1) is 17.5. The van der Waals surface area contributed by atoms with Crippen molar-refractivity contribution in [3.63, 3.8) is 0 Å². The van der Waals surface area contributed by atoms with Crippen LogP contribution in [0.1, 0.15) is 26.7 Å². The van der Waals surface area contributed by atoms with Crippen molar-refractivity contribution in [2.45, 2.75) is 39.8 Å². The molecule has 4 heteroatoms. The molecule has 2 nitrogen and oxygen atoms in total. The lowest BCUT2D eigenvalue weighted by atomic mass is 10.0. The van der Waals surface area contributed by atoms with Gasteiger partial charge in [0.05, 0.1) is 0 Å². The minimum Gasteiger partial charge on any atom is -0.435 e. The van der Waals surface area contributed by atoms with E-state index in [-0.39, 0.29) is 5.75 Å². The fraction of sp³-hybridized carbons (Fsp3) is 0.333. The van der Waals surface area contributed by atoms with E-state index in [1.165, 1.54) is 18.4 Å². The van der Waals surface area contributed by atoms with E-state index < -0.39 is 6.61 Å². The minimum absolute atomic E-state index is 0.169. The number of halogens is 2. The van der Waals surface area contributed by atoms with Crippen molar-refractivity contribution in [1.29, 1.82) is 0 Å². The summed E-state index contributed by atoms with van der Waals surface area (Å²) in [5.74, 6) is 0.841. The van der Waals surface area contributed by atoms with Gasteiger partial charge in [0.2, 0.25) is 0 Å². The summed E-state index contributed by atoms with van der Waals surface area (Å²) in [7, 11) is 0. The number of rotatable bonds is 7. The minimum atomic E-state index is -2.80. The van der Waals surface area contributed by atoms with E-state index in [4.69, 9.17) is 0 Å². The first-order chi connectivity index (χ1) is 12.1. The first-order valence-electron chi connectivity index (χ1n) is 8.66. The van der Waals surface area contributed by atoms with Gasteiger partial charge in [-0.25, -0.2) is 0 Å². The van der Waals surface area contributed by atoms with Gasteiger partial charge < -0.3 is 9.30 Å². The van der Waals surface area contributed by atoms with Crippen LogP contribution in [0.2, 0.25) is 0 Å². The summed E-state index contributed by atoms with van der Waals surface area (Å²) in [6, 6.07) is 16.3. The summed E-state index contributed by atoms with van der Waals surface area (Å²) < 4.78 is 31.1. The standard InChI is InChI=1S/C21H22F2NO/c1-3-15(4-2)14-24-12-11-18-13-17(7-10-20(18)24)16-5-8-19(9-6-16)25-21(22)23/h5-10,12-13,15,21H,3-4,14H2,1-2H3. The predicted octanol–water partition coefficient (Wildman–Crippen LogP) is 6.15. The molecule has 0 aliphatic carbocycles. The number of hydrogen-bond donors (Lipinski definition) is 0. The van der Waals surface area contributed by atoms with E-state index in [1.54, 1.807) is 24.3 Å².